The fourth-order valence-corrected chi connectivity index (χ4v) is 2.12. The molecule has 0 saturated heterocycles. The topological polar surface area (TPSA) is 71.8 Å². The van der Waals surface area contributed by atoms with Gasteiger partial charge in [-0.15, -0.1) is 0 Å². The molecule has 0 aliphatic rings. The highest BCUT2D eigenvalue weighted by molar-refractivity contribution is 5.83. The number of carbonyl (C=O) groups is 2. The number of carbonyl (C=O) groups excluding carboxylic acids is 1. The van der Waals surface area contributed by atoms with E-state index < -0.39 is 11.9 Å². The monoisotopic (exact) mass is 304 g/mol. The summed E-state index contributed by atoms with van der Waals surface area (Å²) in [4.78, 5) is 24.1. The Morgan fingerprint density at radius 2 is 2.00 bits per heavy atom. The molecule has 6 heteroatoms. The van der Waals surface area contributed by atoms with Crippen molar-refractivity contribution < 1.29 is 19.4 Å². The molecule has 1 aromatic carbocycles. The number of fused-ring (bicyclic) bond motifs is 1. The highest BCUT2D eigenvalue weighted by Crippen LogP contribution is 2.22. The summed E-state index contributed by atoms with van der Waals surface area (Å²) in [5, 5.41) is 9.64. The van der Waals surface area contributed by atoms with Gasteiger partial charge in [0.15, 0.2) is 0 Å². The lowest BCUT2D eigenvalue weighted by Crippen LogP contribution is -2.17. The fraction of sp³-hybridized carbons (Fsp3) is 0.375. The Hall–Kier alpha value is -2.34. The number of hydrogen-bond donors (Lipinski definition) is 1. The molecule has 0 fully saturated rings. The molecule has 0 atom stereocenters. The Labute approximate surface area is 128 Å². The number of benzene rings is 1. The first-order valence-electron chi connectivity index (χ1n) is 7.12. The summed E-state index contributed by atoms with van der Waals surface area (Å²) in [6.45, 7) is 1.75. The van der Waals surface area contributed by atoms with Crippen LogP contribution < -0.4 is 4.74 Å². The van der Waals surface area contributed by atoms with Crippen molar-refractivity contribution in [2.24, 2.45) is 0 Å². The third kappa shape index (κ3) is 4.33. The lowest BCUT2D eigenvalue weighted by atomic mass is 10.2. The molecule has 0 saturated carbocycles. The number of carboxylic acid groups (broad SMARTS) is 1. The van der Waals surface area contributed by atoms with Gasteiger partial charge in [0.05, 0.1) is 18.4 Å². The smallest absolute Gasteiger partial charge is 0.311 e. The standard InChI is InChI=1S/C16H20N2O4/c1-17(2)9-10-18-8-7-12-3-4-13(11-14(12)18)22-16(21)6-5-15(19)20/h3-4,7-8,11H,5-6,9-10H2,1-2H3,(H,19,20). The molecule has 118 valence electrons. The van der Waals surface area contributed by atoms with Gasteiger partial charge in [-0.3, -0.25) is 9.59 Å². The lowest BCUT2D eigenvalue weighted by Gasteiger charge is -2.11. The van der Waals surface area contributed by atoms with Gasteiger partial charge in [-0.25, -0.2) is 0 Å². The van der Waals surface area contributed by atoms with Gasteiger partial charge in [-0.2, -0.15) is 0 Å². The molecule has 22 heavy (non-hydrogen) atoms. The van der Waals surface area contributed by atoms with Crippen LogP contribution in [0.1, 0.15) is 12.8 Å². The lowest BCUT2D eigenvalue weighted by molar-refractivity contribution is -0.142. The zero-order valence-electron chi connectivity index (χ0n) is 12.8. The summed E-state index contributed by atoms with van der Waals surface area (Å²) in [6, 6.07) is 7.43. The number of aliphatic carboxylic acids is 1. The average molecular weight is 304 g/mol. The van der Waals surface area contributed by atoms with E-state index in [1.807, 2.05) is 38.5 Å². The fourth-order valence-electron chi connectivity index (χ4n) is 2.12. The van der Waals surface area contributed by atoms with Gasteiger partial charge >= 0.3 is 11.9 Å². The van der Waals surface area contributed by atoms with Crippen molar-refractivity contribution >= 4 is 22.8 Å². The first-order valence-corrected chi connectivity index (χ1v) is 7.12. The van der Waals surface area contributed by atoms with Crippen LogP contribution in [-0.2, 0) is 16.1 Å². The first-order chi connectivity index (χ1) is 10.5. The number of carboxylic acids is 1. The Balaban J connectivity index is 2.09. The van der Waals surface area contributed by atoms with Crippen molar-refractivity contribution in [3.05, 3.63) is 30.5 Å². The van der Waals surface area contributed by atoms with Crippen LogP contribution >= 0.6 is 0 Å². The maximum atomic E-state index is 11.6. The largest absolute Gasteiger partial charge is 0.481 e. The number of nitrogens with zero attached hydrogens (tertiary/aromatic N) is 2. The molecule has 6 nitrogen and oxygen atoms in total. The highest BCUT2D eigenvalue weighted by atomic mass is 16.5. The van der Waals surface area contributed by atoms with Gasteiger partial charge in [-0.05, 0) is 37.7 Å². The summed E-state index contributed by atoms with van der Waals surface area (Å²) >= 11 is 0. The molecule has 1 aromatic heterocycles. The first kappa shape index (κ1) is 16.0. The summed E-state index contributed by atoms with van der Waals surface area (Å²) in [7, 11) is 4.03. The molecule has 0 amide bonds. The van der Waals surface area contributed by atoms with Gasteiger partial charge in [0.1, 0.15) is 5.75 Å². The maximum Gasteiger partial charge on any atom is 0.311 e. The van der Waals surface area contributed by atoms with Crippen molar-refractivity contribution in [2.45, 2.75) is 19.4 Å². The molecule has 2 aromatic rings. The number of likely N-dealkylation sites (N-methyl/N-ethyl adjacent to an activating group) is 1. The Morgan fingerprint density at radius 3 is 2.68 bits per heavy atom. The average Bonchev–Trinajstić information content (AvgIpc) is 2.85. The number of esters is 1. The number of hydrogen-bond acceptors (Lipinski definition) is 4. The van der Waals surface area contributed by atoms with E-state index in [4.69, 9.17) is 9.84 Å². The van der Waals surface area contributed by atoms with E-state index in [2.05, 4.69) is 9.47 Å². The summed E-state index contributed by atoms with van der Waals surface area (Å²) in [6.07, 6.45) is 1.65. The summed E-state index contributed by atoms with van der Waals surface area (Å²) < 4.78 is 7.30. The van der Waals surface area contributed by atoms with E-state index in [0.29, 0.717) is 5.75 Å². The minimum Gasteiger partial charge on any atom is -0.481 e. The Morgan fingerprint density at radius 1 is 1.23 bits per heavy atom. The second kappa shape index (κ2) is 7.09. The molecular formula is C16H20N2O4. The third-order valence-corrected chi connectivity index (χ3v) is 3.31. The van der Waals surface area contributed by atoms with Crippen LogP contribution in [0.5, 0.6) is 5.75 Å². The van der Waals surface area contributed by atoms with Gasteiger partial charge in [0.25, 0.3) is 0 Å². The van der Waals surface area contributed by atoms with E-state index >= 15 is 0 Å². The van der Waals surface area contributed by atoms with Crippen LogP contribution in [0.3, 0.4) is 0 Å². The summed E-state index contributed by atoms with van der Waals surface area (Å²) in [5.74, 6) is -1.11. The molecule has 0 aliphatic heterocycles. The van der Waals surface area contributed by atoms with Crippen LogP contribution in [0.4, 0.5) is 0 Å². The van der Waals surface area contributed by atoms with Gasteiger partial charge in [0.2, 0.25) is 0 Å². The predicted molar refractivity (Wildman–Crippen MR) is 83.0 cm³/mol. The number of rotatable bonds is 7. The van der Waals surface area contributed by atoms with Crippen molar-refractivity contribution in [3.63, 3.8) is 0 Å². The molecule has 0 unspecified atom stereocenters. The van der Waals surface area contributed by atoms with Crippen LogP contribution in [0.15, 0.2) is 30.5 Å². The SMILES string of the molecule is CN(C)CCn1ccc2ccc(OC(=O)CCC(=O)O)cc21. The normalized spacial score (nSPS) is 11.0. The van der Waals surface area contributed by atoms with Crippen molar-refractivity contribution in [3.8, 4) is 5.75 Å². The van der Waals surface area contributed by atoms with E-state index in [9.17, 15) is 9.59 Å². The summed E-state index contributed by atoms with van der Waals surface area (Å²) in [5.41, 5.74) is 0.991. The zero-order chi connectivity index (χ0) is 16.1. The second-order valence-electron chi connectivity index (χ2n) is 5.40. The van der Waals surface area contributed by atoms with Gasteiger partial charge in [-0.1, -0.05) is 0 Å². The quantitative estimate of drug-likeness (QED) is 0.625. The van der Waals surface area contributed by atoms with Crippen LogP contribution in [0.2, 0.25) is 0 Å². The molecule has 0 radical (unpaired) electrons. The van der Waals surface area contributed by atoms with E-state index in [1.165, 1.54) is 0 Å². The van der Waals surface area contributed by atoms with E-state index in [-0.39, 0.29) is 12.8 Å². The van der Waals surface area contributed by atoms with E-state index in [0.717, 1.165) is 24.0 Å². The molecule has 1 N–H and O–H groups in total. The van der Waals surface area contributed by atoms with Crippen LogP contribution in [0.25, 0.3) is 10.9 Å². The predicted octanol–water partition coefficient (Wildman–Crippen LogP) is 1.97. The Kier molecular flexibility index (Phi) is 5.16. The number of ether oxygens (including phenoxy) is 1. The third-order valence-electron chi connectivity index (χ3n) is 3.31. The maximum absolute atomic E-state index is 11.6. The van der Waals surface area contributed by atoms with Crippen LogP contribution in [-0.4, -0.2) is 47.2 Å². The number of aromatic nitrogens is 1. The van der Waals surface area contributed by atoms with Crippen molar-refractivity contribution in [1.29, 1.82) is 0 Å². The van der Waals surface area contributed by atoms with Crippen molar-refractivity contribution in [2.75, 3.05) is 20.6 Å². The zero-order valence-corrected chi connectivity index (χ0v) is 12.8. The minimum absolute atomic E-state index is 0.130. The molecule has 0 bridgehead atoms. The van der Waals surface area contributed by atoms with Gasteiger partial charge < -0.3 is 19.3 Å². The molecule has 1 heterocycles. The molecular weight excluding hydrogens is 284 g/mol. The molecule has 2 rings (SSSR count). The molecule has 0 spiro atoms. The minimum atomic E-state index is -1.01. The highest BCUT2D eigenvalue weighted by Gasteiger charge is 2.09. The van der Waals surface area contributed by atoms with Crippen molar-refractivity contribution in [1.82, 2.24) is 9.47 Å². The second-order valence-corrected chi connectivity index (χ2v) is 5.40. The van der Waals surface area contributed by atoms with Gasteiger partial charge in [0, 0.05) is 25.4 Å². The molecule has 0 aliphatic carbocycles. The van der Waals surface area contributed by atoms with E-state index in [1.54, 1.807) is 6.07 Å². The van der Waals surface area contributed by atoms with Crippen LogP contribution in [0, 0.1) is 0 Å². The Bertz CT molecular complexity index is 676.